The van der Waals surface area contributed by atoms with Crippen molar-refractivity contribution in [1.82, 2.24) is 4.98 Å². The number of nitrogens with zero attached hydrogens (tertiary/aromatic N) is 1. The van der Waals surface area contributed by atoms with Crippen LogP contribution in [0.1, 0.15) is 20.9 Å². The number of rotatable bonds is 3. The molecule has 0 atom stereocenters. The Labute approximate surface area is 180 Å². The molecule has 0 aliphatic rings. The zero-order valence-corrected chi connectivity index (χ0v) is 17.3. The quantitative estimate of drug-likeness (QED) is 0.321. The molecule has 10 heteroatoms. The average molecular weight is 473 g/mol. The highest BCUT2D eigenvalue weighted by atomic mass is 35.5. The smallest absolute Gasteiger partial charge is 0.397 e. The third kappa shape index (κ3) is 3.61. The molecule has 0 aliphatic carbocycles. The Morgan fingerprint density at radius 1 is 1.14 bits per heavy atom. The lowest BCUT2D eigenvalue weighted by Crippen LogP contribution is -2.08. The molecule has 0 amide bonds. The molecule has 0 radical (unpaired) electrons. The van der Waals surface area contributed by atoms with E-state index in [0.29, 0.717) is 15.3 Å². The van der Waals surface area contributed by atoms with Crippen LogP contribution in [0, 0.1) is 0 Å². The number of fused-ring (bicyclic) bond motifs is 1. The van der Waals surface area contributed by atoms with Gasteiger partial charge in [0.25, 0.3) is 0 Å². The van der Waals surface area contributed by atoms with E-state index in [1.165, 1.54) is 29.5 Å². The molecule has 0 saturated carbocycles. The van der Waals surface area contributed by atoms with Gasteiger partial charge in [-0.1, -0.05) is 29.3 Å². The summed E-state index contributed by atoms with van der Waals surface area (Å²) in [5.41, 5.74) is 5.70. The van der Waals surface area contributed by atoms with Gasteiger partial charge in [-0.25, -0.2) is 4.98 Å². The van der Waals surface area contributed by atoms with E-state index in [-0.39, 0.29) is 31.5 Å². The largest absolute Gasteiger partial charge is 0.433 e. The topological polar surface area (TPSA) is 56.0 Å². The number of pyridine rings is 1. The van der Waals surface area contributed by atoms with Crippen molar-refractivity contribution in [2.75, 3.05) is 5.73 Å². The second kappa shape index (κ2) is 7.28. The number of carbonyl (C=O) groups excluding carboxylic acids is 1. The molecule has 4 rings (SSSR count). The van der Waals surface area contributed by atoms with Crippen molar-refractivity contribution in [3.05, 3.63) is 68.0 Å². The molecule has 4 aromatic rings. The maximum absolute atomic E-state index is 13.4. The van der Waals surface area contributed by atoms with Gasteiger partial charge in [0.2, 0.25) is 5.78 Å². The predicted octanol–water partition coefficient (Wildman–Crippen LogP) is 7.16. The van der Waals surface area contributed by atoms with E-state index in [1.807, 2.05) is 0 Å². The number of alkyl halides is 3. The lowest BCUT2D eigenvalue weighted by molar-refractivity contribution is -0.140. The van der Waals surface area contributed by atoms with Gasteiger partial charge in [0.1, 0.15) is 15.4 Å². The number of halogens is 5. The van der Waals surface area contributed by atoms with E-state index in [9.17, 15) is 18.0 Å². The van der Waals surface area contributed by atoms with Crippen LogP contribution in [0.25, 0.3) is 20.7 Å². The normalized spacial score (nSPS) is 11.9. The highest BCUT2D eigenvalue weighted by Crippen LogP contribution is 2.44. The molecule has 3 aromatic heterocycles. The second-order valence-electron chi connectivity index (χ2n) is 6.01. The minimum atomic E-state index is -4.64. The summed E-state index contributed by atoms with van der Waals surface area (Å²) in [6, 6.07) is 8.74. The summed E-state index contributed by atoms with van der Waals surface area (Å²) in [4.78, 5) is 17.4. The van der Waals surface area contributed by atoms with Crippen LogP contribution >= 0.6 is 45.9 Å². The molecular weight excluding hydrogens is 464 g/mol. The number of nitrogen functional groups attached to an aromatic ring is 1. The first-order valence-corrected chi connectivity index (χ1v) is 10.5. The van der Waals surface area contributed by atoms with E-state index < -0.39 is 17.7 Å². The number of carbonyl (C=O) groups is 1. The van der Waals surface area contributed by atoms with Crippen molar-refractivity contribution >= 4 is 67.6 Å². The summed E-state index contributed by atoms with van der Waals surface area (Å²) < 4.78 is 40.1. The fourth-order valence-corrected chi connectivity index (χ4v) is 5.17. The van der Waals surface area contributed by atoms with E-state index in [4.69, 9.17) is 28.9 Å². The summed E-state index contributed by atoms with van der Waals surface area (Å²) in [5.74, 6) is -0.502. The van der Waals surface area contributed by atoms with Crippen molar-refractivity contribution in [2.45, 2.75) is 6.18 Å². The van der Waals surface area contributed by atoms with Crippen molar-refractivity contribution in [3.63, 3.8) is 0 Å². The summed E-state index contributed by atoms with van der Waals surface area (Å²) in [5, 5.41) is 2.55. The first-order chi connectivity index (χ1) is 13.7. The Morgan fingerprint density at radius 2 is 1.90 bits per heavy atom. The molecule has 148 valence electrons. The van der Waals surface area contributed by atoms with E-state index in [0.717, 1.165) is 17.4 Å². The van der Waals surface area contributed by atoms with Crippen LogP contribution in [0.5, 0.6) is 0 Å². The van der Waals surface area contributed by atoms with Crippen LogP contribution in [0.15, 0.2) is 41.8 Å². The third-order valence-corrected chi connectivity index (χ3v) is 6.71. The van der Waals surface area contributed by atoms with Crippen molar-refractivity contribution < 1.29 is 18.0 Å². The fourth-order valence-electron chi connectivity index (χ4n) is 2.86. The lowest BCUT2D eigenvalue weighted by Gasteiger charge is -2.09. The number of aromatic nitrogens is 1. The Hall–Kier alpha value is -2.13. The molecule has 0 aliphatic heterocycles. The molecule has 1 aromatic carbocycles. The minimum Gasteiger partial charge on any atom is -0.397 e. The van der Waals surface area contributed by atoms with Gasteiger partial charge in [0, 0.05) is 26.4 Å². The summed E-state index contributed by atoms with van der Waals surface area (Å²) >= 11 is 14.1. The molecule has 0 saturated heterocycles. The lowest BCUT2D eigenvalue weighted by atomic mass is 10.0. The molecule has 0 bridgehead atoms. The van der Waals surface area contributed by atoms with Crippen molar-refractivity contribution in [2.24, 2.45) is 0 Å². The molecule has 2 N–H and O–H groups in total. The van der Waals surface area contributed by atoms with Gasteiger partial charge >= 0.3 is 6.18 Å². The third-order valence-electron chi connectivity index (χ3n) is 4.16. The van der Waals surface area contributed by atoms with Gasteiger partial charge in [-0.15, -0.1) is 22.7 Å². The Kier molecular flexibility index (Phi) is 5.06. The zero-order valence-electron chi connectivity index (χ0n) is 14.2. The van der Waals surface area contributed by atoms with E-state index >= 15 is 0 Å². The number of ketones is 1. The molecular formula is C19H9Cl2F3N2OS2. The maximum Gasteiger partial charge on any atom is 0.433 e. The first kappa shape index (κ1) is 20.2. The van der Waals surface area contributed by atoms with Gasteiger partial charge in [-0.05, 0) is 35.7 Å². The monoisotopic (exact) mass is 472 g/mol. The van der Waals surface area contributed by atoms with Crippen LogP contribution in [-0.4, -0.2) is 10.8 Å². The van der Waals surface area contributed by atoms with Gasteiger partial charge in [0.05, 0.1) is 10.7 Å². The average Bonchev–Trinajstić information content (AvgIpc) is 3.28. The van der Waals surface area contributed by atoms with Crippen LogP contribution in [0.4, 0.5) is 18.9 Å². The standard InChI is InChI=1S/C19H9Cl2F3N2OS2/c20-8-3-4-9(11(21)6-8)16(27)17-15(25)14-10(12-2-1-5-28-12)7-13(19(22,23)24)26-18(14)29-17/h1-7H,25H2. The number of benzene rings is 1. The summed E-state index contributed by atoms with van der Waals surface area (Å²) in [6.45, 7) is 0. The van der Waals surface area contributed by atoms with Gasteiger partial charge in [-0.2, -0.15) is 13.2 Å². The SMILES string of the molecule is Nc1c(C(=O)c2ccc(Cl)cc2Cl)sc2nc(C(F)(F)F)cc(-c3cccs3)c12. The van der Waals surface area contributed by atoms with Crippen LogP contribution < -0.4 is 5.73 Å². The Morgan fingerprint density at radius 3 is 2.52 bits per heavy atom. The number of hydrogen-bond acceptors (Lipinski definition) is 5. The predicted molar refractivity (Wildman–Crippen MR) is 112 cm³/mol. The second-order valence-corrected chi connectivity index (χ2v) is 8.80. The highest BCUT2D eigenvalue weighted by molar-refractivity contribution is 7.21. The van der Waals surface area contributed by atoms with Gasteiger partial charge in [-0.3, -0.25) is 4.79 Å². The molecule has 3 nitrogen and oxygen atoms in total. The molecule has 29 heavy (non-hydrogen) atoms. The zero-order chi connectivity index (χ0) is 20.9. The molecule has 0 unspecified atom stereocenters. The van der Waals surface area contributed by atoms with Crippen molar-refractivity contribution in [1.29, 1.82) is 0 Å². The minimum absolute atomic E-state index is 0.0363. The Balaban J connectivity index is 1.97. The van der Waals surface area contributed by atoms with Crippen LogP contribution in [0.2, 0.25) is 10.0 Å². The van der Waals surface area contributed by atoms with E-state index in [1.54, 1.807) is 17.5 Å². The van der Waals surface area contributed by atoms with Gasteiger partial charge in [0.15, 0.2) is 0 Å². The number of hydrogen-bond donors (Lipinski definition) is 1. The Bertz CT molecular complexity index is 1250. The van der Waals surface area contributed by atoms with Crippen LogP contribution in [0.3, 0.4) is 0 Å². The molecule has 3 heterocycles. The maximum atomic E-state index is 13.4. The molecule has 0 spiro atoms. The van der Waals surface area contributed by atoms with E-state index in [2.05, 4.69) is 4.98 Å². The fraction of sp³-hybridized carbons (Fsp3) is 0.0526. The number of anilines is 1. The molecule has 0 fully saturated rings. The summed E-state index contributed by atoms with van der Waals surface area (Å²) in [6.07, 6.45) is -4.64. The number of nitrogens with two attached hydrogens (primary N) is 1. The highest BCUT2D eigenvalue weighted by Gasteiger charge is 2.35. The van der Waals surface area contributed by atoms with Crippen LogP contribution in [-0.2, 0) is 6.18 Å². The number of thiophene rings is 2. The van der Waals surface area contributed by atoms with Gasteiger partial charge < -0.3 is 5.73 Å². The summed E-state index contributed by atoms with van der Waals surface area (Å²) in [7, 11) is 0. The first-order valence-electron chi connectivity index (χ1n) is 8.00. The van der Waals surface area contributed by atoms with Crippen molar-refractivity contribution in [3.8, 4) is 10.4 Å².